The second kappa shape index (κ2) is 10.1. The molecule has 0 bridgehead atoms. The Kier molecular flexibility index (Phi) is 6.94. The SMILES string of the molecule is Cc1cccc(C)c1-n1c(=S)sc2c(=O)n(-c3cccc(Cl)c3)c(SCC(=O)c3ccccc3)nc21. The maximum Gasteiger partial charge on any atom is 0.278 e. The van der Waals surface area contributed by atoms with E-state index in [1.165, 1.54) is 27.7 Å². The van der Waals surface area contributed by atoms with Gasteiger partial charge in [0.05, 0.1) is 17.1 Å². The van der Waals surface area contributed by atoms with Crippen molar-refractivity contribution < 1.29 is 4.79 Å². The number of hydrogen-bond acceptors (Lipinski definition) is 6. The summed E-state index contributed by atoms with van der Waals surface area (Å²) in [5.41, 5.74) is 4.39. The number of ketones is 1. The lowest BCUT2D eigenvalue weighted by Crippen LogP contribution is -2.22. The van der Waals surface area contributed by atoms with Gasteiger partial charge < -0.3 is 0 Å². The average molecular weight is 550 g/mol. The van der Waals surface area contributed by atoms with Gasteiger partial charge in [-0.1, -0.05) is 89.3 Å². The summed E-state index contributed by atoms with van der Waals surface area (Å²) in [5.74, 6) is 0.0704. The zero-order valence-electron chi connectivity index (χ0n) is 19.4. The summed E-state index contributed by atoms with van der Waals surface area (Å²) in [6.45, 7) is 4.02. The summed E-state index contributed by atoms with van der Waals surface area (Å²) >= 11 is 14.4. The van der Waals surface area contributed by atoms with Crippen molar-refractivity contribution in [2.75, 3.05) is 5.75 Å². The largest absolute Gasteiger partial charge is 0.293 e. The van der Waals surface area contributed by atoms with E-state index in [-0.39, 0.29) is 17.1 Å². The number of carbonyl (C=O) groups excluding carboxylic acids is 1. The van der Waals surface area contributed by atoms with Gasteiger partial charge in [-0.3, -0.25) is 18.7 Å². The second-order valence-electron chi connectivity index (χ2n) is 8.19. The van der Waals surface area contributed by atoms with Gasteiger partial charge in [-0.25, -0.2) is 4.98 Å². The van der Waals surface area contributed by atoms with E-state index in [4.69, 9.17) is 28.8 Å². The van der Waals surface area contributed by atoms with Crippen molar-refractivity contribution in [2.45, 2.75) is 19.0 Å². The Hall–Kier alpha value is -3.04. The first-order valence-electron chi connectivity index (χ1n) is 11.1. The average Bonchev–Trinajstić information content (AvgIpc) is 3.19. The summed E-state index contributed by atoms with van der Waals surface area (Å²) in [6, 6.07) is 22.1. The van der Waals surface area contributed by atoms with Crippen LogP contribution in [0.15, 0.2) is 82.7 Å². The van der Waals surface area contributed by atoms with E-state index in [2.05, 4.69) is 0 Å². The summed E-state index contributed by atoms with van der Waals surface area (Å²) < 4.78 is 4.36. The normalized spacial score (nSPS) is 11.2. The molecule has 9 heteroatoms. The van der Waals surface area contributed by atoms with E-state index in [9.17, 15) is 9.59 Å². The molecule has 36 heavy (non-hydrogen) atoms. The maximum absolute atomic E-state index is 13.9. The van der Waals surface area contributed by atoms with Crippen LogP contribution in [0.2, 0.25) is 5.02 Å². The van der Waals surface area contributed by atoms with Gasteiger partial charge in [-0.05, 0) is 55.4 Å². The van der Waals surface area contributed by atoms with Crippen LogP contribution >= 0.6 is 46.9 Å². The first-order chi connectivity index (χ1) is 17.3. The highest BCUT2D eigenvalue weighted by atomic mass is 35.5. The van der Waals surface area contributed by atoms with Gasteiger partial charge in [0.25, 0.3) is 5.56 Å². The molecule has 0 amide bonds. The Morgan fingerprint density at radius 1 is 1.00 bits per heavy atom. The quantitative estimate of drug-likeness (QED) is 0.0969. The molecular formula is C27H20ClN3O2S3. The number of thioether (sulfide) groups is 1. The molecule has 5 rings (SSSR count). The van der Waals surface area contributed by atoms with Gasteiger partial charge in [0.2, 0.25) is 0 Å². The van der Waals surface area contributed by atoms with Gasteiger partial charge in [0.15, 0.2) is 20.5 Å². The predicted molar refractivity (Wildman–Crippen MR) is 151 cm³/mol. The molecular weight excluding hydrogens is 530 g/mol. The fourth-order valence-electron chi connectivity index (χ4n) is 4.07. The van der Waals surface area contributed by atoms with Crippen molar-refractivity contribution in [2.24, 2.45) is 0 Å². The number of aryl methyl sites for hydroxylation is 2. The molecule has 0 spiro atoms. The molecule has 5 aromatic rings. The highest BCUT2D eigenvalue weighted by Crippen LogP contribution is 2.30. The number of aromatic nitrogens is 3. The number of benzene rings is 3. The van der Waals surface area contributed by atoms with Crippen LogP contribution in [0, 0.1) is 17.8 Å². The molecule has 0 atom stereocenters. The third-order valence-corrected chi connectivity index (χ3v) is 8.26. The number of hydrogen-bond donors (Lipinski definition) is 0. The fourth-order valence-corrected chi connectivity index (χ4v) is 6.43. The molecule has 2 aromatic heterocycles. The minimum atomic E-state index is -0.252. The molecule has 5 nitrogen and oxygen atoms in total. The summed E-state index contributed by atoms with van der Waals surface area (Å²) in [6.07, 6.45) is 0. The second-order valence-corrected chi connectivity index (χ2v) is 11.2. The number of Topliss-reactive ketones (excluding diaryl/α,β-unsaturated/α-hetero) is 1. The van der Waals surface area contributed by atoms with Crippen molar-refractivity contribution in [1.29, 1.82) is 0 Å². The molecule has 0 aliphatic heterocycles. The van der Waals surface area contributed by atoms with Crippen molar-refractivity contribution in [3.8, 4) is 11.4 Å². The molecule has 0 N–H and O–H groups in total. The molecule has 2 heterocycles. The van der Waals surface area contributed by atoms with Crippen molar-refractivity contribution in [1.82, 2.24) is 14.1 Å². The van der Waals surface area contributed by atoms with Crippen molar-refractivity contribution in [3.05, 3.63) is 109 Å². The first kappa shape index (κ1) is 24.6. The Morgan fingerprint density at radius 3 is 2.39 bits per heavy atom. The number of rotatable bonds is 6. The van der Waals surface area contributed by atoms with Gasteiger partial charge >= 0.3 is 0 Å². The molecule has 0 radical (unpaired) electrons. The molecule has 3 aromatic carbocycles. The molecule has 0 aliphatic carbocycles. The highest BCUT2D eigenvalue weighted by Gasteiger charge is 2.21. The van der Waals surface area contributed by atoms with Crippen LogP contribution in [0.1, 0.15) is 21.5 Å². The van der Waals surface area contributed by atoms with Crippen LogP contribution in [0.5, 0.6) is 0 Å². The van der Waals surface area contributed by atoms with Gasteiger partial charge in [0.1, 0.15) is 4.70 Å². The van der Waals surface area contributed by atoms with E-state index in [0.717, 1.165) is 16.8 Å². The summed E-state index contributed by atoms with van der Waals surface area (Å²) in [4.78, 5) is 31.7. The third-order valence-electron chi connectivity index (χ3n) is 5.73. The topological polar surface area (TPSA) is 56.9 Å². The van der Waals surface area contributed by atoms with Crippen molar-refractivity contribution >= 4 is 63.0 Å². The van der Waals surface area contributed by atoms with E-state index < -0.39 is 0 Å². The Bertz CT molecular complexity index is 1720. The number of carbonyl (C=O) groups is 1. The van der Waals surface area contributed by atoms with Crippen LogP contribution in [-0.2, 0) is 0 Å². The summed E-state index contributed by atoms with van der Waals surface area (Å²) in [5, 5.41) is 0.892. The van der Waals surface area contributed by atoms with E-state index in [1.54, 1.807) is 36.4 Å². The highest BCUT2D eigenvalue weighted by molar-refractivity contribution is 7.99. The first-order valence-corrected chi connectivity index (χ1v) is 13.7. The molecule has 180 valence electrons. The van der Waals surface area contributed by atoms with E-state index in [0.29, 0.717) is 35.7 Å². The summed E-state index contributed by atoms with van der Waals surface area (Å²) in [7, 11) is 0. The monoisotopic (exact) mass is 549 g/mol. The van der Waals surface area contributed by atoms with E-state index in [1.807, 2.05) is 54.8 Å². The van der Waals surface area contributed by atoms with Gasteiger partial charge in [0, 0.05) is 10.6 Å². The molecule has 0 saturated carbocycles. The minimum absolute atomic E-state index is 0.0514. The number of fused-ring (bicyclic) bond motifs is 1. The van der Waals surface area contributed by atoms with Gasteiger partial charge in [-0.15, -0.1) is 0 Å². The number of nitrogens with zero attached hydrogens (tertiary/aromatic N) is 3. The van der Waals surface area contributed by atoms with Crippen LogP contribution < -0.4 is 5.56 Å². The standard InChI is InChI=1S/C27H20ClN3O2S3/c1-16-8-6-9-17(2)22(16)31-24-23(36-27(31)34)25(33)30(20-13-7-12-19(28)14-20)26(29-24)35-15-21(32)18-10-4-3-5-11-18/h3-14H,15H2,1-2H3. The van der Waals surface area contributed by atoms with E-state index >= 15 is 0 Å². The van der Waals surface area contributed by atoms with Crippen LogP contribution in [0.25, 0.3) is 21.7 Å². The number of halogens is 1. The fraction of sp³-hybridized carbons (Fsp3) is 0.111. The lowest BCUT2D eigenvalue weighted by Gasteiger charge is -2.15. The smallest absolute Gasteiger partial charge is 0.278 e. The van der Waals surface area contributed by atoms with Crippen LogP contribution in [0.3, 0.4) is 0 Å². The lowest BCUT2D eigenvalue weighted by atomic mass is 10.1. The zero-order valence-corrected chi connectivity index (χ0v) is 22.6. The predicted octanol–water partition coefficient (Wildman–Crippen LogP) is 7.21. The van der Waals surface area contributed by atoms with Crippen molar-refractivity contribution in [3.63, 3.8) is 0 Å². The molecule has 0 fully saturated rings. The Balaban J connectivity index is 1.73. The van der Waals surface area contributed by atoms with Crippen LogP contribution in [-0.4, -0.2) is 25.7 Å². The molecule has 0 saturated heterocycles. The van der Waals surface area contributed by atoms with Gasteiger partial charge in [-0.2, -0.15) is 0 Å². The zero-order chi connectivity index (χ0) is 25.4. The van der Waals surface area contributed by atoms with Crippen LogP contribution in [0.4, 0.5) is 0 Å². The molecule has 0 aliphatic rings. The Labute approximate surface area is 226 Å². The lowest BCUT2D eigenvalue weighted by molar-refractivity contribution is 0.102. The minimum Gasteiger partial charge on any atom is -0.293 e. The maximum atomic E-state index is 13.9. The Morgan fingerprint density at radius 2 is 1.69 bits per heavy atom. The third kappa shape index (κ3) is 4.57. The molecule has 0 unspecified atom stereocenters. The number of thiazole rings is 1. The number of para-hydroxylation sites is 1.